The number of piperidine rings is 1. The van der Waals surface area contributed by atoms with Crippen LogP contribution >= 0.6 is 0 Å². The van der Waals surface area contributed by atoms with E-state index in [0.29, 0.717) is 5.92 Å². The highest BCUT2D eigenvalue weighted by atomic mass is 16.2. The average molecular weight is 212 g/mol. The van der Waals surface area contributed by atoms with E-state index in [1.165, 1.54) is 0 Å². The summed E-state index contributed by atoms with van der Waals surface area (Å²) in [5.41, 5.74) is 6.01. The second kappa shape index (κ2) is 4.52. The molecule has 3 heteroatoms. The van der Waals surface area contributed by atoms with Gasteiger partial charge in [0.05, 0.1) is 6.04 Å². The maximum atomic E-state index is 11.8. The Labute approximate surface area is 93.0 Å². The zero-order valence-corrected chi connectivity index (χ0v) is 10.4. The van der Waals surface area contributed by atoms with Crippen LogP contribution < -0.4 is 5.73 Å². The molecule has 0 radical (unpaired) electrons. The Morgan fingerprint density at radius 2 is 2.13 bits per heavy atom. The summed E-state index contributed by atoms with van der Waals surface area (Å²) in [5, 5.41) is 0. The molecule has 1 aliphatic rings. The Morgan fingerprint density at radius 1 is 1.53 bits per heavy atom. The SMILES string of the molecule is CC(CN1CCCC(N)C1=O)C(C)(C)C. The van der Waals surface area contributed by atoms with Crippen LogP contribution in [0.2, 0.25) is 0 Å². The number of nitrogens with two attached hydrogens (primary N) is 1. The summed E-state index contributed by atoms with van der Waals surface area (Å²) in [4.78, 5) is 13.7. The highest BCUT2D eigenvalue weighted by molar-refractivity contribution is 5.82. The van der Waals surface area contributed by atoms with Crippen LogP contribution in [0.1, 0.15) is 40.5 Å². The second-order valence-corrected chi connectivity index (χ2v) is 5.80. The van der Waals surface area contributed by atoms with E-state index in [-0.39, 0.29) is 17.4 Å². The third-order valence-corrected chi connectivity index (χ3v) is 3.54. The lowest BCUT2D eigenvalue weighted by Gasteiger charge is -2.36. The van der Waals surface area contributed by atoms with Crippen molar-refractivity contribution in [1.29, 1.82) is 0 Å². The Morgan fingerprint density at radius 3 is 2.67 bits per heavy atom. The van der Waals surface area contributed by atoms with Crippen molar-refractivity contribution in [1.82, 2.24) is 4.90 Å². The molecule has 1 rings (SSSR count). The van der Waals surface area contributed by atoms with Gasteiger partial charge in [0, 0.05) is 13.1 Å². The quantitative estimate of drug-likeness (QED) is 0.756. The standard InChI is InChI=1S/C12H24N2O/c1-9(12(2,3)4)8-14-7-5-6-10(13)11(14)15/h9-10H,5-8,13H2,1-4H3. The van der Waals surface area contributed by atoms with Gasteiger partial charge in [-0.3, -0.25) is 4.79 Å². The first kappa shape index (κ1) is 12.5. The number of likely N-dealkylation sites (tertiary alicyclic amines) is 1. The number of hydrogen-bond donors (Lipinski definition) is 1. The van der Waals surface area contributed by atoms with Crippen LogP contribution in [-0.2, 0) is 4.79 Å². The van der Waals surface area contributed by atoms with E-state index in [1.807, 2.05) is 4.90 Å². The summed E-state index contributed by atoms with van der Waals surface area (Å²) in [7, 11) is 0. The molecule has 1 fully saturated rings. The summed E-state index contributed by atoms with van der Waals surface area (Å²) in [6, 6.07) is -0.258. The van der Waals surface area contributed by atoms with Gasteiger partial charge >= 0.3 is 0 Å². The average Bonchev–Trinajstić information content (AvgIpc) is 2.11. The lowest BCUT2D eigenvalue weighted by molar-refractivity contribution is -0.136. The molecular weight excluding hydrogens is 188 g/mol. The van der Waals surface area contributed by atoms with Gasteiger partial charge in [0.2, 0.25) is 5.91 Å². The van der Waals surface area contributed by atoms with E-state index in [9.17, 15) is 4.79 Å². The second-order valence-electron chi connectivity index (χ2n) is 5.80. The molecule has 2 unspecified atom stereocenters. The Hall–Kier alpha value is -0.570. The number of amides is 1. The predicted octanol–water partition coefficient (Wildman–Crippen LogP) is 1.62. The first-order valence-corrected chi connectivity index (χ1v) is 5.86. The number of rotatable bonds is 2. The van der Waals surface area contributed by atoms with Crippen LogP contribution in [0, 0.1) is 11.3 Å². The summed E-state index contributed by atoms with van der Waals surface area (Å²) < 4.78 is 0. The van der Waals surface area contributed by atoms with E-state index in [1.54, 1.807) is 0 Å². The first-order valence-electron chi connectivity index (χ1n) is 5.86. The minimum absolute atomic E-state index is 0.136. The van der Waals surface area contributed by atoms with Crippen LogP contribution in [0.4, 0.5) is 0 Å². The Kier molecular flexibility index (Phi) is 3.77. The number of nitrogens with zero attached hydrogens (tertiary/aromatic N) is 1. The molecule has 0 bridgehead atoms. The van der Waals surface area contributed by atoms with Crippen molar-refractivity contribution in [3.63, 3.8) is 0 Å². The van der Waals surface area contributed by atoms with Crippen molar-refractivity contribution < 1.29 is 4.79 Å². The van der Waals surface area contributed by atoms with E-state index in [2.05, 4.69) is 27.7 Å². The van der Waals surface area contributed by atoms with E-state index >= 15 is 0 Å². The largest absolute Gasteiger partial charge is 0.341 e. The van der Waals surface area contributed by atoms with Gasteiger partial charge in [-0.05, 0) is 24.2 Å². The van der Waals surface area contributed by atoms with Crippen molar-refractivity contribution in [3.05, 3.63) is 0 Å². The predicted molar refractivity (Wildman–Crippen MR) is 62.4 cm³/mol. The molecule has 88 valence electrons. The zero-order valence-electron chi connectivity index (χ0n) is 10.4. The first-order chi connectivity index (χ1) is 6.82. The van der Waals surface area contributed by atoms with Gasteiger partial charge in [0.1, 0.15) is 0 Å². The highest BCUT2D eigenvalue weighted by Crippen LogP contribution is 2.27. The molecule has 1 saturated heterocycles. The molecule has 3 nitrogen and oxygen atoms in total. The molecule has 1 heterocycles. The smallest absolute Gasteiger partial charge is 0.239 e. The molecule has 0 aromatic rings. The minimum atomic E-state index is -0.258. The van der Waals surface area contributed by atoms with Crippen LogP contribution in [-0.4, -0.2) is 29.9 Å². The molecule has 1 aliphatic heterocycles. The molecule has 1 amide bonds. The normalized spacial score (nSPS) is 25.5. The molecule has 15 heavy (non-hydrogen) atoms. The molecule has 0 spiro atoms. The molecule has 0 aromatic heterocycles. The topological polar surface area (TPSA) is 46.3 Å². The summed E-state index contributed by atoms with van der Waals surface area (Å²) in [5.74, 6) is 0.643. The Bertz CT molecular complexity index is 232. The van der Waals surface area contributed by atoms with Gasteiger partial charge in [-0.15, -0.1) is 0 Å². The lowest BCUT2D eigenvalue weighted by Crippen LogP contribution is -2.50. The van der Waals surface area contributed by atoms with Crippen LogP contribution in [0.5, 0.6) is 0 Å². The molecule has 0 aliphatic carbocycles. The maximum absolute atomic E-state index is 11.8. The fraction of sp³-hybridized carbons (Fsp3) is 0.917. The van der Waals surface area contributed by atoms with Gasteiger partial charge in [0.15, 0.2) is 0 Å². The van der Waals surface area contributed by atoms with Crippen molar-refractivity contribution in [2.24, 2.45) is 17.1 Å². The van der Waals surface area contributed by atoms with E-state index in [0.717, 1.165) is 25.9 Å². The highest BCUT2D eigenvalue weighted by Gasteiger charge is 2.29. The monoisotopic (exact) mass is 212 g/mol. The van der Waals surface area contributed by atoms with Crippen molar-refractivity contribution in [2.45, 2.75) is 46.6 Å². The molecule has 0 saturated carbocycles. The van der Waals surface area contributed by atoms with Crippen LogP contribution in [0.3, 0.4) is 0 Å². The number of carbonyl (C=O) groups is 1. The van der Waals surface area contributed by atoms with Crippen LogP contribution in [0.15, 0.2) is 0 Å². The van der Waals surface area contributed by atoms with Gasteiger partial charge in [-0.25, -0.2) is 0 Å². The van der Waals surface area contributed by atoms with Gasteiger partial charge in [-0.2, -0.15) is 0 Å². The van der Waals surface area contributed by atoms with Gasteiger partial charge in [-0.1, -0.05) is 27.7 Å². The van der Waals surface area contributed by atoms with E-state index < -0.39 is 0 Å². The zero-order chi connectivity index (χ0) is 11.6. The Balaban J connectivity index is 2.54. The number of hydrogen-bond acceptors (Lipinski definition) is 2. The van der Waals surface area contributed by atoms with Crippen molar-refractivity contribution in [3.8, 4) is 0 Å². The van der Waals surface area contributed by atoms with Gasteiger partial charge < -0.3 is 10.6 Å². The minimum Gasteiger partial charge on any atom is -0.341 e. The summed E-state index contributed by atoms with van der Waals surface area (Å²) in [6.07, 6.45) is 1.89. The fourth-order valence-corrected chi connectivity index (χ4v) is 1.76. The molecule has 2 atom stereocenters. The molecule has 0 aromatic carbocycles. The molecule has 2 N–H and O–H groups in total. The van der Waals surface area contributed by atoms with E-state index in [4.69, 9.17) is 5.73 Å². The number of carbonyl (C=O) groups excluding carboxylic acids is 1. The maximum Gasteiger partial charge on any atom is 0.239 e. The van der Waals surface area contributed by atoms with Gasteiger partial charge in [0.25, 0.3) is 0 Å². The molecular formula is C12H24N2O. The summed E-state index contributed by atoms with van der Waals surface area (Å²) in [6.45, 7) is 10.6. The van der Waals surface area contributed by atoms with Crippen molar-refractivity contribution >= 4 is 5.91 Å². The van der Waals surface area contributed by atoms with Crippen molar-refractivity contribution in [2.75, 3.05) is 13.1 Å². The fourth-order valence-electron chi connectivity index (χ4n) is 1.76. The third kappa shape index (κ3) is 3.20. The summed E-state index contributed by atoms with van der Waals surface area (Å²) >= 11 is 0. The third-order valence-electron chi connectivity index (χ3n) is 3.54. The van der Waals surface area contributed by atoms with Crippen LogP contribution in [0.25, 0.3) is 0 Å². The lowest BCUT2D eigenvalue weighted by atomic mass is 9.81.